The molecule has 0 spiro atoms. The van der Waals surface area contributed by atoms with E-state index in [2.05, 4.69) is 29.4 Å². The van der Waals surface area contributed by atoms with E-state index in [1.807, 2.05) is 42.5 Å². The second-order valence-electron chi connectivity index (χ2n) is 6.98. The lowest BCUT2D eigenvalue weighted by atomic mass is 10.1. The van der Waals surface area contributed by atoms with E-state index in [1.54, 1.807) is 24.3 Å². The monoisotopic (exact) mass is 434 g/mol. The highest BCUT2D eigenvalue weighted by Crippen LogP contribution is 2.38. The van der Waals surface area contributed by atoms with Crippen molar-refractivity contribution in [3.05, 3.63) is 77.3 Å². The Morgan fingerprint density at radius 3 is 2.42 bits per heavy atom. The summed E-state index contributed by atoms with van der Waals surface area (Å²) >= 11 is 5.99. The van der Waals surface area contributed by atoms with Gasteiger partial charge in [-0.05, 0) is 62.4 Å². The molecule has 4 rings (SSSR count). The van der Waals surface area contributed by atoms with E-state index in [0.717, 1.165) is 30.2 Å². The molecular formula is C24H23ClN4O2. The first-order valence-electron chi connectivity index (χ1n) is 10.2. The topological polar surface area (TPSA) is 66.0 Å². The predicted molar refractivity (Wildman–Crippen MR) is 126 cm³/mol. The van der Waals surface area contributed by atoms with Crippen molar-refractivity contribution < 1.29 is 9.53 Å². The van der Waals surface area contributed by atoms with Crippen molar-refractivity contribution in [2.45, 2.75) is 13.8 Å². The van der Waals surface area contributed by atoms with Crippen LogP contribution in [0.15, 0.2) is 71.7 Å². The molecule has 0 aliphatic carbocycles. The summed E-state index contributed by atoms with van der Waals surface area (Å²) in [4.78, 5) is 19.6. The van der Waals surface area contributed by atoms with Crippen LogP contribution in [0.4, 0.5) is 21.9 Å². The Balaban J connectivity index is 1.65. The van der Waals surface area contributed by atoms with Gasteiger partial charge in [-0.25, -0.2) is 9.79 Å². The number of urea groups is 1. The second-order valence-corrected chi connectivity index (χ2v) is 7.41. The molecule has 0 atom stereocenters. The summed E-state index contributed by atoms with van der Waals surface area (Å²) in [6, 6.07) is 19.9. The zero-order chi connectivity index (χ0) is 21.8. The maximum Gasteiger partial charge on any atom is 0.323 e. The van der Waals surface area contributed by atoms with Crippen LogP contribution >= 0.6 is 11.6 Å². The number of aliphatic imine (C=N–C) groups is 1. The minimum atomic E-state index is -0.360. The van der Waals surface area contributed by atoms with E-state index >= 15 is 0 Å². The highest BCUT2D eigenvalue weighted by Gasteiger charge is 2.22. The van der Waals surface area contributed by atoms with Crippen LogP contribution in [0, 0.1) is 0 Å². The standard InChI is InChI=1S/C24H23ClN4O2/c1-3-29(4-2)23-19-15-18(27-24(30)26-17-9-7-8-16(25)14-17)12-13-21(19)31-22-11-6-5-10-20(22)28-23/h5-15H,3-4H2,1-2H3,(H2,26,27,30). The normalized spacial score (nSPS) is 11.9. The second kappa shape index (κ2) is 9.10. The Hall–Kier alpha value is -3.51. The summed E-state index contributed by atoms with van der Waals surface area (Å²) in [5.41, 5.74) is 2.84. The number of nitrogens with one attached hydrogen (secondary N) is 2. The third kappa shape index (κ3) is 4.64. The molecule has 1 aliphatic heterocycles. The van der Waals surface area contributed by atoms with Gasteiger partial charge < -0.3 is 20.3 Å². The van der Waals surface area contributed by atoms with Gasteiger partial charge >= 0.3 is 6.03 Å². The number of amidine groups is 1. The van der Waals surface area contributed by atoms with Crippen LogP contribution in [-0.4, -0.2) is 29.9 Å². The first kappa shape index (κ1) is 20.8. The number of ether oxygens (including phenoxy) is 1. The number of halogens is 1. The predicted octanol–water partition coefficient (Wildman–Crippen LogP) is 6.51. The fourth-order valence-electron chi connectivity index (χ4n) is 3.42. The van der Waals surface area contributed by atoms with Crippen LogP contribution < -0.4 is 15.4 Å². The largest absolute Gasteiger partial charge is 0.454 e. The number of nitrogens with zero attached hydrogens (tertiary/aromatic N) is 2. The molecular weight excluding hydrogens is 412 g/mol. The third-order valence-electron chi connectivity index (χ3n) is 4.94. The summed E-state index contributed by atoms with van der Waals surface area (Å²) in [7, 11) is 0. The van der Waals surface area contributed by atoms with Gasteiger partial charge in [0.1, 0.15) is 17.3 Å². The molecule has 2 N–H and O–H groups in total. The number of fused-ring (bicyclic) bond motifs is 2. The quantitative estimate of drug-likeness (QED) is 0.491. The van der Waals surface area contributed by atoms with Crippen molar-refractivity contribution in [2.24, 2.45) is 4.99 Å². The molecule has 0 saturated carbocycles. The molecule has 0 saturated heterocycles. The number of rotatable bonds is 4. The van der Waals surface area contributed by atoms with Gasteiger partial charge in [0.05, 0.1) is 5.56 Å². The minimum Gasteiger partial charge on any atom is -0.454 e. The van der Waals surface area contributed by atoms with Crippen molar-refractivity contribution in [2.75, 3.05) is 23.7 Å². The molecule has 0 fully saturated rings. The number of anilines is 2. The Morgan fingerprint density at radius 2 is 1.68 bits per heavy atom. The number of hydrogen-bond acceptors (Lipinski definition) is 4. The molecule has 2 amide bonds. The number of hydrogen-bond donors (Lipinski definition) is 2. The van der Waals surface area contributed by atoms with E-state index in [4.69, 9.17) is 21.3 Å². The molecule has 31 heavy (non-hydrogen) atoms. The Bertz CT molecular complexity index is 1140. The lowest BCUT2D eigenvalue weighted by Gasteiger charge is -2.23. The van der Waals surface area contributed by atoms with Gasteiger partial charge in [-0.1, -0.05) is 29.8 Å². The molecule has 1 aliphatic rings. The number of carbonyl (C=O) groups is 1. The summed E-state index contributed by atoms with van der Waals surface area (Å²) in [5, 5.41) is 6.22. The van der Waals surface area contributed by atoms with Crippen LogP contribution in [0.5, 0.6) is 11.5 Å². The molecule has 0 bridgehead atoms. The number of carbonyl (C=O) groups excluding carboxylic acids is 1. The lowest BCUT2D eigenvalue weighted by molar-refractivity contribution is 0.262. The van der Waals surface area contributed by atoms with E-state index in [1.165, 1.54) is 0 Å². The lowest BCUT2D eigenvalue weighted by Crippen LogP contribution is -2.31. The van der Waals surface area contributed by atoms with Crippen molar-refractivity contribution in [1.82, 2.24) is 4.90 Å². The number of amides is 2. The zero-order valence-electron chi connectivity index (χ0n) is 17.4. The first-order valence-corrected chi connectivity index (χ1v) is 10.5. The molecule has 1 heterocycles. The molecule has 158 valence electrons. The maximum atomic E-state index is 12.5. The fraction of sp³-hybridized carbons (Fsp3) is 0.167. The van der Waals surface area contributed by atoms with Gasteiger partial charge in [0.2, 0.25) is 0 Å². The highest BCUT2D eigenvalue weighted by atomic mass is 35.5. The van der Waals surface area contributed by atoms with Gasteiger partial charge in [0.15, 0.2) is 5.75 Å². The van der Waals surface area contributed by atoms with E-state index in [9.17, 15) is 4.79 Å². The highest BCUT2D eigenvalue weighted by molar-refractivity contribution is 6.30. The molecule has 0 radical (unpaired) electrons. The van der Waals surface area contributed by atoms with E-state index in [0.29, 0.717) is 27.9 Å². The van der Waals surface area contributed by atoms with Crippen molar-refractivity contribution in [3.8, 4) is 11.5 Å². The molecule has 6 nitrogen and oxygen atoms in total. The SMILES string of the molecule is CCN(CC)C1=Nc2ccccc2Oc2ccc(NC(=O)Nc3cccc(Cl)c3)cc21. The van der Waals surface area contributed by atoms with Gasteiger partial charge in [-0.15, -0.1) is 0 Å². The first-order chi connectivity index (χ1) is 15.1. The molecule has 3 aromatic carbocycles. The van der Waals surface area contributed by atoms with Gasteiger partial charge in [0.25, 0.3) is 0 Å². The van der Waals surface area contributed by atoms with Crippen LogP contribution in [0.2, 0.25) is 5.02 Å². The summed E-state index contributed by atoms with van der Waals surface area (Å²) < 4.78 is 6.16. The van der Waals surface area contributed by atoms with Crippen molar-refractivity contribution in [3.63, 3.8) is 0 Å². The summed E-state index contributed by atoms with van der Waals surface area (Å²) in [6.45, 7) is 5.77. The van der Waals surface area contributed by atoms with Gasteiger partial charge in [-0.2, -0.15) is 0 Å². The molecule has 3 aromatic rings. The van der Waals surface area contributed by atoms with Crippen molar-refractivity contribution in [1.29, 1.82) is 0 Å². The van der Waals surface area contributed by atoms with Crippen LogP contribution in [-0.2, 0) is 0 Å². The van der Waals surface area contributed by atoms with E-state index < -0.39 is 0 Å². The van der Waals surface area contributed by atoms with E-state index in [-0.39, 0.29) is 6.03 Å². The Morgan fingerprint density at radius 1 is 0.935 bits per heavy atom. The Labute approximate surface area is 186 Å². The fourth-order valence-corrected chi connectivity index (χ4v) is 3.61. The zero-order valence-corrected chi connectivity index (χ0v) is 18.1. The molecule has 0 aromatic heterocycles. The Kier molecular flexibility index (Phi) is 6.09. The molecule has 0 unspecified atom stereocenters. The van der Waals surface area contributed by atoms with Crippen LogP contribution in [0.3, 0.4) is 0 Å². The van der Waals surface area contributed by atoms with Gasteiger partial charge in [0, 0.05) is 29.5 Å². The maximum absolute atomic E-state index is 12.5. The van der Waals surface area contributed by atoms with Gasteiger partial charge in [-0.3, -0.25) is 0 Å². The van der Waals surface area contributed by atoms with Crippen molar-refractivity contribution >= 4 is 40.5 Å². The number of benzene rings is 3. The summed E-state index contributed by atoms with van der Waals surface area (Å²) in [6.07, 6.45) is 0. The minimum absolute atomic E-state index is 0.360. The summed E-state index contributed by atoms with van der Waals surface area (Å²) in [5.74, 6) is 2.20. The average Bonchev–Trinajstić information content (AvgIpc) is 2.91. The average molecular weight is 435 g/mol. The van der Waals surface area contributed by atoms with Crippen LogP contribution in [0.1, 0.15) is 19.4 Å². The smallest absolute Gasteiger partial charge is 0.323 e. The van der Waals surface area contributed by atoms with Crippen LogP contribution in [0.25, 0.3) is 0 Å². The third-order valence-corrected chi connectivity index (χ3v) is 5.17. The number of para-hydroxylation sites is 2. The molecule has 7 heteroatoms.